The van der Waals surface area contributed by atoms with Gasteiger partial charge in [-0.15, -0.1) is 0 Å². The smallest absolute Gasteiger partial charge is 1.00 e. The Morgan fingerprint density at radius 2 is 1.07 bits per heavy atom. The van der Waals surface area contributed by atoms with Crippen LogP contribution < -0.4 is 59.1 Å². The molecular formula is C36H68Na2O5. The zero-order valence-corrected chi connectivity index (χ0v) is 33.0. The Morgan fingerprint density at radius 3 is 1.63 bits per heavy atom. The molecule has 0 aliphatic heterocycles. The van der Waals surface area contributed by atoms with E-state index in [-0.39, 0.29) is 86.6 Å². The summed E-state index contributed by atoms with van der Waals surface area (Å²) in [4.78, 5) is 23.0. The Morgan fingerprint density at radius 1 is 0.605 bits per heavy atom. The molecule has 2 atom stereocenters. The number of aliphatic hydroxyl groups excluding tert-OH is 1. The number of carbonyl (C=O) groups excluding carboxylic acids is 1. The molecule has 0 bridgehead atoms. The van der Waals surface area contributed by atoms with Crippen LogP contribution in [0.4, 0.5) is 0 Å². The van der Waals surface area contributed by atoms with Gasteiger partial charge in [-0.25, -0.2) is 0 Å². The number of ether oxygens (including phenoxy) is 1. The predicted molar refractivity (Wildman–Crippen MR) is 175 cm³/mol. The van der Waals surface area contributed by atoms with Crippen LogP contribution >= 0.6 is 0 Å². The third kappa shape index (κ3) is 38.5. The number of hydrogen-bond donors (Lipinski definition) is 2. The number of esters is 1. The Bertz CT molecular complexity index is 665. The van der Waals surface area contributed by atoms with Crippen molar-refractivity contribution in [3.63, 3.8) is 0 Å². The molecule has 0 aromatic carbocycles. The Kier molecular flexibility index (Phi) is 42.9. The molecule has 5 nitrogen and oxygen atoms in total. The van der Waals surface area contributed by atoms with Gasteiger partial charge in [0.15, 0.2) is 0 Å². The first-order chi connectivity index (χ1) is 20.0. The van der Waals surface area contributed by atoms with E-state index in [1.54, 1.807) is 0 Å². The summed E-state index contributed by atoms with van der Waals surface area (Å²) in [6.07, 6.45) is 35.2. The molecule has 0 aliphatic rings. The summed E-state index contributed by atoms with van der Waals surface area (Å²) >= 11 is 0. The predicted octanol–water partition coefficient (Wildman–Crippen LogP) is 4.87. The van der Waals surface area contributed by atoms with Gasteiger partial charge in [0.05, 0.1) is 6.10 Å². The summed E-state index contributed by atoms with van der Waals surface area (Å²) in [5.74, 6) is -0.745. The fourth-order valence-corrected chi connectivity index (χ4v) is 5.06. The third-order valence-corrected chi connectivity index (χ3v) is 7.72. The van der Waals surface area contributed by atoms with Crippen molar-refractivity contribution in [1.29, 1.82) is 0 Å². The number of aliphatic carboxylic acids is 1. The van der Waals surface area contributed by atoms with Gasteiger partial charge >= 0.3 is 71.1 Å². The maximum Gasteiger partial charge on any atom is 1.00 e. The van der Waals surface area contributed by atoms with Gasteiger partial charge in [0.1, 0.15) is 6.10 Å². The van der Waals surface area contributed by atoms with Crippen LogP contribution in [-0.2, 0) is 14.3 Å². The molecule has 0 spiro atoms. The molecule has 0 amide bonds. The molecule has 0 radical (unpaired) electrons. The average Bonchev–Trinajstić information content (AvgIpc) is 2.95. The summed E-state index contributed by atoms with van der Waals surface area (Å²) < 4.78 is 5.88. The van der Waals surface area contributed by atoms with E-state index in [2.05, 4.69) is 38.2 Å². The molecule has 0 saturated heterocycles. The molecule has 0 saturated carbocycles. The number of carboxylic acids is 1. The Labute approximate surface area is 313 Å². The normalized spacial score (nSPS) is 12.6. The number of rotatable bonds is 31. The maximum atomic E-state index is 12.5. The van der Waals surface area contributed by atoms with Crippen molar-refractivity contribution >= 4 is 11.9 Å². The Hall–Kier alpha value is 0.380. The van der Waals surface area contributed by atoms with Crippen LogP contribution in [0.3, 0.4) is 0 Å². The minimum Gasteiger partial charge on any atom is -1.00 e. The van der Waals surface area contributed by atoms with Gasteiger partial charge in [-0.1, -0.05) is 122 Å². The quantitative estimate of drug-likeness (QED) is 0.0497. The summed E-state index contributed by atoms with van der Waals surface area (Å²) in [6, 6.07) is 0. The van der Waals surface area contributed by atoms with Crippen LogP contribution in [0.2, 0.25) is 0 Å². The van der Waals surface area contributed by atoms with Gasteiger partial charge in [-0.2, -0.15) is 0 Å². The average molecular weight is 627 g/mol. The second-order valence-corrected chi connectivity index (χ2v) is 11.9. The standard InChI is InChI=1S/C36H66O5.2Na.2H/c1-3-5-7-21-27-33(37)28-22-17-13-9-12-16-20-26-32-36(40)41-34(29-23-8-6-4-2)30-24-18-14-10-11-15-19-25-31-35(38)39;;;;/h17-18,22,24,33-34,37H,3-16,19-21,23,25-32H2,1-2H3,(H,38,39);;;;/q;2*+1;2*-1/b22-17-,24-18-;;;;/t33-,34-;;;;/m1..../s1. The monoisotopic (exact) mass is 626 g/mol. The van der Waals surface area contributed by atoms with E-state index in [0.717, 1.165) is 103 Å². The molecule has 0 fully saturated rings. The fraction of sp³-hybridized carbons (Fsp3) is 0.833. The van der Waals surface area contributed by atoms with Gasteiger partial charge < -0.3 is 17.8 Å². The minimum atomic E-state index is -0.700. The first-order valence-corrected chi connectivity index (χ1v) is 17.4. The van der Waals surface area contributed by atoms with Crippen molar-refractivity contribution in [2.45, 2.75) is 193 Å². The van der Waals surface area contributed by atoms with E-state index in [1.165, 1.54) is 51.4 Å². The molecule has 0 rings (SSSR count). The zero-order valence-electron chi connectivity index (χ0n) is 31.0. The molecule has 0 aromatic rings. The number of unbranched alkanes of at least 4 members (excludes halogenated alkanes) is 16. The van der Waals surface area contributed by atoms with Gasteiger partial charge in [-0.3, -0.25) is 9.59 Å². The maximum absolute atomic E-state index is 12.5. The molecular weight excluding hydrogens is 558 g/mol. The van der Waals surface area contributed by atoms with E-state index in [4.69, 9.17) is 9.84 Å². The van der Waals surface area contributed by atoms with Gasteiger partial charge in [-0.05, 0) is 64.2 Å². The SMILES string of the molecule is CCCCCC[C@@H](O)C/C=C\CCCCCCCC(=O)O[C@@H](C/C=C\CCCCCCCC(=O)O)CCCCCC.[H-].[H-].[Na+].[Na+]. The molecule has 0 aliphatic carbocycles. The van der Waals surface area contributed by atoms with Crippen LogP contribution in [0.25, 0.3) is 0 Å². The van der Waals surface area contributed by atoms with Crippen LogP contribution in [0.15, 0.2) is 24.3 Å². The number of allylic oxidation sites excluding steroid dienone is 2. The third-order valence-electron chi connectivity index (χ3n) is 7.72. The number of aliphatic hydroxyl groups is 1. The van der Waals surface area contributed by atoms with Gasteiger partial charge in [0.25, 0.3) is 0 Å². The van der Waals surface area contributed by atoms with Crippen LogP contribution in [0.1, 0.15) is 184 Å². The second kappa shape index (κ2) is 38.6. The van der Waals surface area contributed by atoms with Crippen molar-refractivity contribution < 1.29 is 86.5 Å². The van der Waals surface area contributed by atoms with Gasteiger partial charge in [0.2, 0.25) is 0 Å². The summed E-state index contributed by atoms with van der Waals surface area (Å²) in [6.45, 7) is 4.42. The molecule has 43 heavy (non-hydrogen) atoms. The fourth-order valence-electron chi connectivity index (χ4n) is 5.06. The number of carbonyl (C=O) groups is 2. The molecule has 244 valence electrons. The minimum absolute atomic E-state index is 0. The van der Waals surface area contributed by atoms with Crippen LogP contribution in [0.5, 0.6) is 0 Å². The molecule has 0 unspecified atom stereocenters. The van der Waals surface area contributed by atoms with E-state index in [1.807, 2.05) is 0 Å². The molecule has 0 heterocycles. The summed E-state index contributed by atoms with van der Waals surface area (Å²) in [5, 5.41) is 18.7. The second-order valence-electron chi connectivity index (χ2n) is 11.9. The largest absolute Gasteiger partial charge is 1.00 e. The molecule has 2 N–H and O–H groups in total. The Balaban J connectivity index is -0.00000133. The van der Waals surface area contributed by atoms with E-state index in [0.29, 0.717) is 6.42 Å². The van der Waals surface area contributed by atoms with E-state index < -0.39 is 5.97 Å². The molecule has 7 heteroatoms. The first kappa shape index (κ1) is 47.8. The molecule has 0 aromatic heterocycles. The van der Waals surface area contributed by atoms with Crippen molar-refractivity contribution in [2.24, 2.45) is 0 Å². The first-order valence-electron chi connectivity index (χ1n) is 17.4. The number of hydrogen-bond acceptors (Lipinski definition) is 4. The van der Waals surface area contributed by atoms with Crippen molar-refractivity contribution in [2.75, 3.05) is 0 Å². The van der Waals surface area contributed by atoms with Crippen LogP contribution in [-0.4, -0.2) is 34.4 Å². The topological polar surface area (TPSA) is 83.8 Å². The van der Waals surface area contributed by atoms with Crippen molar-refractivity contribution in [3.8, 4) is 0 Å². The number of carboxylic acid groups (broad SMARTS) is 1. The summed E-state index contributed by atoms with van der Waals surface area (Å²) in [5.41, 5.74) is 0. The summed E-state index contributed by atoms with van der Waals surface area (Å²) in [7, 11) is 0. The zero-order chi connectivity index (χ0) is 30.2. The van der Waals surface area contributed by atoms with Gasteiger partial charge in [0, 0.05) is 19.3 Å². The van der Waals surface area contributed by atoms with E-state index in [9.17, 15) is 14.7 Å². The van der Waals surface area contributed by atoms with Crippen LogP contribution in [0, 0.1) is 0 Å². The van der Waals surface area contributed by atoms with E-state index >= 15 is 0 Å². The van der Waals surface area contributed by atoms with Crippen molar-refractivity contribution in [1.82, 2.24) is 0 Å². The van der Waals surface area contributed by atoms with Crippen molar-refractivity contribution in [3.05, 3.63) is 24.3 Å².